The van der Waals surface area contributed by atoms with Crippen molar-refractivity contribution in [3.8, 4) is 0 Å². The Morgan fingerprint density at radius 2 is 2.15 bits per heavy atom. The first kappa shape index (κ1) is 19.2. The van der Waals surface area contributed by atoms with Crippen molar-refractivity contribution >= 4 is 35.1 Å². The SMILES string of the molecule is NSc1cc(NC(=O)Cc2ccccc2Cl)ccc1COC1CCOC1. The number of ether oxygens (including phenoxy) is 2. The third kappa shape index (κ3) is 5.22. The average molecular weight is 393 g/mol. The van der Waals surface area contributed by atoms with Crippen LogP contribution in [0.3, 0.4) is 0 Å². The summed E-state index contributed by atoms with van der Waals surface area (Å²) in [6, 6.07) is 13.0. The quantitative estimate of drug-likeness (QED) is 0.701. The second-order valence-electron chi connectivity index (χ2n) is 6.05. The Hall–Kier alpha value is -1.57. The van der Waals surface area contributed by atoms with E-state index in [9.17, 15) is 4.79 Å². The number of hydrogen-bond acceptors (Lipinski definition) is 5. The molecular weight excluding hydrogens is 372 g/mol. The van der Waals surface area contributed by atoms with Gasteiger partial charge in [0.2, 0.25) is 5.91 Å². The van der Waals surface area contributed by atoms with E-state index < -0.39 is 0 Å². The fraction of sp³-hybridized carbons (Fsp3) is 0.316. The van der Waals surface area contributed by atoms with Crippen LogP contribution in [0.1, 0.15) is 17.5 Å². The van der Waals surface area contributed by atoms with E-state index in [0.29, 0.717) is 23.9 Å². The van der Waals surface area contributed by atoms with Crippen LogP contribution in [0, 0.1) is 0 Å². The van der Waals surface area contributed by atoms with Gasteiger partial charge in [0, 0.05) is 22.2 Å². The van der Waals surface area contributed by atoms with Crippen molar-refractivity contribution in [1.29, 1.82) is 0 Å². The van der Waals surface area contributed by atoms with Crippen LogP contribution in [0.4, 0.5) is 5.69 Å². The molecule has 26 heavy (non-hydrogen) atoms. The van der Waals surface area contributed by atoms with E-state index in [-0.39, 0.29) is 18.4 Å². The van der Waals surface area contributed by atoms with Crippen molar-refractivity contribution in [1.82, 2.24) is 0 Å². The summed E-state index contributed by atoms with van der Waals surface area (Å²) < 4.78 is 11.2. The van der Waals surface area contributed by atoms with Crippen molar-refractivity contribution in [2.75, 3.05) is 18.5 Å². The van der Waals surface area contributed by atoms with Gasteiger partial charge in [-0.25, -0.2) is 0 Å². The molecule has 0 radical (unpaired) electrons. The highest BCUT2D eigenvalue weighted by atomic mass is 35.5. The third-order valence-electron chi connectivity index (χ3n) is 4.15. The van der Waals surface area contributed by atoms with Gasteiger partial charge >= 0.3 is 0 Å². The first-order valence-corrected chi connectivity index (χ1v) is 9.63. The summed E-state index contributed by atoms with van der Waals surface area (Å²) in [5.41, 5.74) is 2.49. The number of carbonyl (C=O) groups excluding carboxylic acids is 1. The molecule has 2 aromatic rings. The third-order valence-corrected chi connectivity index (χ3v) is 5.15. The lowest BCUT2D eigenvalue weighted by atomic mass is 10.1. The molecule has 1 aliphatic rings. The van der Waals surface area contributed by atoms with Crippen LogP contribution in [0.5, 0.6) is 0 Å². The van der Waals surface area contributed by atoms with Crippen molar-refractivity contribution in [2.45, 2.75) is 30.4 Å². The maximum absolute atomic E-state index is 12.3. The van der Waals surface area contributed by atoms with E-state index in [4.69, 9.17) is 26.2 Å². The second kappa shape index (κ2) is 9.39. The first-order chi connectivity index (χ1) is 12.7. The predicted octanol–water partition coefficient (Wildman–Crippen LogP) is 3.79. The van der Waals surface area contributed by atoms with E-state index >= 15 is 0 Å². The number of halogens is 1. The number of benzene rings is 2. The maximum Gasteiger partial charge on any atom is 0.228 e. The summed E-state index contributed by atoms with van der Waals surface area (Å²) in [6.07, 6.45) is 1.28. The van der Waals surface area contributed by atoms with Crippen LogP contribution >= 0.6 is 23.5 Å². The van der Waals surface area contributed by atoms with Crippen LogP contribution < -0.4 is 10.5 Å². The number of hydrogen-bond donors (Lipinski definition) is 2. The lowest BCUT2D eigenvalue weighted by Crippen LogP contribution is -2.15. The molecule has 5 nitrogen and oxygen atoms in total. The number of anilines is 1. The fourth-order valence-electron chi connectivity index (χ4n) is 2.73. The number of carbonyl (C=O) groups is 1. The Labute approximate surface area is 162 Å². The molecule has 138 valence electrons. The molecule has 1 unspecified atom stereocenters. The van der Waals surface area contributed by atoms with Gasteiger partial charge in [-0.3, -0.25) is 9.93 Å². The van der Waals surface area contributed by atoms with E-state index in [1.165, 1.54) is 0 Å². The maximum atomic E-state index is 12.3. The van der Waals surface area contributed by atoms with Gasteiger partial charge in [-0.15, -0.1) is 0 Å². The van der Waals surface area contributed by atoms with E-state index in [2.05, 4.69) is 5.32 Å². The van der Waals surface area contributed by atoms with Crippen molar-refractivity contribution in [3.63, 3.8) is 0 Å². The molecule has 0 bridgehead atoms. The van der Waals surface area contributed by atoms with Gasteiger partial charge in [0.1, 0.15) is 0 Å². The van der Waals surface area contributed by atoms with Crippen LogP contribution in [0.25, 0.3) is 0 Å². The Bertz CT molecular complexity index is 766. The number of nitrogens with one attached hydrogen (secondary N) is 1. The smallest absolute Gasteiger partial charge is 0.228 e. The molecule has 0 spiro atoms. The lowest BCUT2D eigenvalue weighted by molar-refractivity contribution is -0.115. The lowest BCUT2D eigenvalue weighted by Gasteiger charge is -2.14. The highest BCUT2D eigenvalue weighted by molar-refractivity contribution is 7.97. The van der Waals surface area contributed by atoms with Crippen LogP contribution in [-0.4, -0.2) is 25.2 Å². The zero-order chi connectivity index (χ0) is 18.4. The van der Waals surface area contributed by atoms with Gasteiger partial charge in [-0.2, -0.15) is 0 Å². The molecule has 2 aromatic carbocycles. The highest BCUT2D eigenvalue weighted by Crippen LogP contribution is 2.25. The van der Waals surface area contributed by atoms with Gasteiger partial charge < -0.3 is 14.8 Å². The molecule has 3 rings (SSSR count). The zero-order valence-electron chi connectivity index (χ0n) is 14.2. The van der Waals surface area contributed by atoms with Crippen LogP contribution in [0.15, 0.2) is 47.4 Å². The second-order valence-corrected chi connectivity index (χ2v) is 7.14. The molecule has 0 aliphatic carbocycles. The Balaban J connectivity index is 1.61. The average Bonchev–Trinajstić information content (AvgIpc) is 3.16. The first-order valence-electron chi connectivity index (χ1n) is 8.38. The van der Waals surface area contributed by atoms with Gasteiger partial charge in [-0.1, -0.05) is 35.9 Å². The van der Waals surface area contributed by atoms with Crippen LogP contribution in [0.2, 0.25) is 5.02 Å². The fourth-order valence-corrected chi connectivity index (χ4v) is 3.41. The minimum Gasteiger partial charge on any atom is -0.379 e. The molecule has 1 atom stereocenters. The summed E-state index contributed by atoms with van der Waals surface area (Å²) >= 11 is 7.25. The molecule has 3 N–H and O–H groups in total. The summed E-state index contributed by atoms with van der Waals surface area (Å²) in [5.74, 6) is -0.127. The monoisotopic (exact) mass is 392 g/mol. The van der Waals surface area contributed by atoms with Crippen molar-refractivity contribution < 1.29 is 14.3 Å². The van der Waals surface area contributed by atoms with E-state index in [1.54, 1.807) is 6.07 Å². The molecule has 1 aliphatic heterocycles. The van der Waals surface area contributed by atoms with Gasteiger partial charge in [0.05, 0.1) is 25.7 Å². The minimum absolute atomic E-state index is 0.127. The van der Waals surface area contributed by atoms with Crippen molar-refractivity contribution in [2.24, 2.45) is 5.14 Å². The van der Waals surface area contributed by atoms with Gasteiger partial charge in [0.15, 0.2) is 0 Å². The van der Waals surface area contributed by atoms with Crippen LogP contribution in [-0.2, 0) is 27.3 Å². The Kier molecular flexibility index (Phi) is 6.93. The summed E-state index contributed by atoms with van der Waals surface area (Å²) in [6.45, 7) is 1.86. The van der Waals surface area contributed by atoms with Crippen molar-refractivity contribution in [3.05, 3.63) is 58.6 Å². The molecule has 1 heterocycles. The largest absolute Gasteiger partial charge is 0.379 e. The standard InChI is InChI=1S/C19H21ClN2O3S/c20-17-4-2-1-3-13(17)9-19(23)22-15-6-5-14(18(10-15)26-21)11-25-16-7-8-24-12-16/h1-6,10,16H,7-9,11-12,21H2,(H,22,23). The van der Waals surface area contributed by atoms with E-state index in [1.807, 2.05) is 36.4 Å². The minimum atomic E-state index is -0.127. The highest BCUT2D eigenvalue weighted by Gasteiger charge is 2.17. The van der Waals surface area contributed by atoms with E-state index in [0.717, 1.165) is 41.0 Å². The molecule has 1 saturated heterocycles. The zero-order valence-corrected chi connectivity index (χ0v) is 15.8. The summed E-state index contributed by atoms with van der Waals surface area (Å²) in [7, 11) is 0. The summed E-state index contributed by atoms with van der Waals surface area (Å²) in [4.78, 5) is 13.1. The molecule has 0 aromatic heterocycles. The molecule has 0 saturated carbocycles. The normalized spacial score (nSPS) is 16.6. The molecular formula is C19H21ClN2O3S. The Morgan fingerprint density at radius 3 is 2.88 bits per heavy atom. The molecule has 7 heteroatoms. The Morgan fingerprint density at radius 1 is 1.31 bits per heavy atom. The number of rotatable bonds is 7. The van der Waals surface area contributed by atoms with Gasteiger partial charge in [-0.05, 0) is 47.7 Å². The molecule has 1 amide bonds. The summed E-state index contributed by atoms with van der Waals surface area (Å²) in [5, 5.41) is 9.26. The predicted molar refractivity (Wildman–Crippen MR) is 104 cm³/mol. The number of amides is 1. The molecule has 1 fully saturated rings. The van der Waals surface area contributed by atoms with Gasteiger partial charge in [0.25, 0.3) is 0 Å². The topological polar surface area (TPSA) is 73.6 Å². The number of nitrogens with two attached hydrogens (primary N) is 1.